The average molecular weight is 314 g/mol. The highest BCUT2D eigenvalue weighted by molar-refractivity contribution is 6.02. The summed E-state index contributed by atoms with van der Waals surface area (Å²) < 4.78 is 6.13. The summed E-state index contributed by atoms with van der Waals surface area (Å²) in [6, 6.07) is 9.65. The van der Waals surface area contributed by atoms with Crippen LogP contribution in [0.5, 0.6) is 0 Å². The third-order valence-corrected chi connectivity index (χ3v) is 3.24. The maximum atomic E-state index is 12.0. The van der Waals surface area contributed by atoms with Crippen molar-refractivity contribution in [3.05, 3.63) is 42.2 Å². The molecule has 1 aliphatic rings. The minimum atomic E-state index is -0.586. The molecule has 0 saturated carbocycles. The van der Waals surface area contributed by atoms with Gasteiger partial charge in [0.15, 0.2) is 6.61 Å². The van der Waals surface area contributed by atoms with Gasteiger partial charge < -0.3 is 4.74 Å². The molecule has 0 radical (unpaired) electrons. The van der Waals surface area contributed by atoms with Crippen molar-refractivity contribution in [1.29, 1.82) is 0 Å². The molecule has 1 amide bonds. The smallest absolute Gasteiger partial charge is 0.328 e. The van der Waals surface area contributed by atoms with E-state index in [2.05, 4.69) is 20.6 Å². The first-order valence-corrected chi connectivity index (χ1v) is 7.02. The van der Waals surface area contributed by atoms with Crippen molar-refractivity contribution in [2.24, 2.45) is 5.10 Å². The lowest BCUT2D eigenvalue weighted by Gasteiger charge is -2.11. The lowest BCUT2D eigenvalue weighted by molar-refractivity contribution is -0.152. The number of rotatable bonds is 5. The van der Waals surface area contributed by atoms with Crippen molar-refractivity contribution in [2.75, 3.05) is 13.2 Å². The number of hydrogen-bond acceptors (Lipinski definition) is 7. The van der Waals surface area contributed by atoms with E-state index in [0.717, 1.165) is 11.3 Å². The lowest BCUT2D eigenvalue weighted by atomic mass is 10.1. The molecule has 0 bridgehead atoms. The van der Waals surface area contributed by atoms with E-state index in [0.29, 0.717) is 13.0 Å². The Balaban J connectivity index is 1.51. The molecule has 0 saturated heterocycles. The molecule has 0 aliphatic carbocycles. The molecule has 0 fully saturated rings. The number of hydrazone groups is 1. The third kappa shape index (κ3) is 3.76. The van der Waals surface area contributed by atoms with Crippen LogP contribution in [0.2, 0.25) is 0 Å². The molecule has 0 N–H and O–H groups in total. The lowest BCUT2D eigenvalue weighted by Crippen LogP contribution is -2.29. The Kier molecular flexibility index (Phi) is 4.37. The zero-order valence-corrected chi connectivity index (χ0v) is 12.2. The van der Waals surface area contributed by atoms with Crippen LogP contribution in [0.25, 0.3) is 0 Å². The van der Waals surface area contributed by atoms with Crippen LogP contribution < -0.4 is 0 Å². The molecule has 9 nitrogen and oxygen atoms in total. The molecule has 1 aromatic carbocycles. The van der Waals surface area contributed by atoms with Gasteiger partial charge in [-0.3, -0.25) is 9.59 Å². The van der Waals surface area contributed by atoms with Crippen molar-refractivity contribution in [2.45, 2.75) is 13.0 Å². The van der Waals surface area contributed by atoms with Crippen molar-refractivity contribution in [3.63, 3.8) is 0 Å². The van der Waals surface area contributed by atoms with Gasteiger partial charge in [0.2, 0.25) is 0 Å². The standard InChI is InChI=1S/C14H14N6O3/c21-13(9-23-14(22)8-19-10-15-17-18-19)20-7-6-12(16-20)11-4-2-1-3-5-11/h1-5,10H,6-9H2. The zero-order valence-electron chi connectivity index (χ0n) is 12.2. The fourth-order valence-corrected chi connectivity index (χ4v) is 2.12. The molecule has 0 unspecified atom stereocenters. The van der Waals surface area contributed by atoms with Gasteiger partial charge >= 0.3 is 5.97 Å². The summed E-state index contributed by atoms with van der Waals surface area (Å²) in [7, 11) is 0. The van der Waals surface area contributed by atoms with Gasteiger partial charge in [-0.25, -0.2) is 9.69 Å². The molecular formula is C14H14N6O3. The summed E-state index contributed by atoms with van der Waals surface area (Å²) in [5.74, 6) is -0.946. The number of nitrogens with zero attached hydrogens (tertiary/aromatic N) is 6. The number of ether oxygens (including phenoxy) is 1. The van der Waals surface area contributed by atoms with Crippen LogP contribution in [-0.4, -0.2) is 56.0 Å². The third-order valence-electron chi connectivity index (χ3n) is 3.24. The van der Waals surface area contributed by atoms with E-state index in [9.17, 15) is 9.59 Å². The van der Waals surface area contributed by atoms with Gasteiger partial charge in [-0.05, 0) is 16.0 Å². The molecule has 9 heteroatoms. The highest BCUT2D eigenvalue weighted by Crippen LogP contribution is 2.13. The number of hydrogen-bond donors (Lipinski definition) is 0. The molecular weight excluding hydrogens is 300 g/mol. The van der Waals surface area contributed by atoms with Gasteiger partial charge in [-0.15, -0.1) is 5.10 Å². The summed E-state index contributed by atoms with van der Waals surface area (Å²) in [5, 5.41) is 16.0. The van der Waals surface area contributed by atoms with Crippen LogP contribution in [0.3, 0.4) is 0 Å². The number of tetrazole rings is 1. The van der Waals surface area contributed by atoms with E-state index in [1.807, 2.05) is 30.3 Å². The summed E-state index contributed by atoms with van der Waals surface area (Å²) in [6.07, 6.45) is 1.97. The molecule has 0 atom stereocenters. The van der Waals surface area contributed by atoms with Crippen LogP contribution in [0.15, 0.2) is 41.8 Å². The van der Waals surface area contributed by atoms with E-state index in [1.165, 1.54) is 16.0 Å². The van der Waals surface area contributed by atoms with Crippen LogP contribution in [0.1, 0.15) is 12.0 Å². The summed E-state index contributed by atoms with van der Waals surface area (Å²) >= 11 is 0. The fraction of sp³-hybridized carbons (Fsp3) is 0.286. The first kappa shape index (κ1) is 14.8. The second kappa shape index (κ2) is 6.77. The predicted molar refractivity (Wildman–Crippen MR) is 78.1 cm³/mol. The maximum absolute atomic E-state index is 12.0. The number of benzene rings is 1. The number of aromatic nitrogens is 4. The van der Waals surface area contributed by atoms with Crippen LogP contribution in [0, 0.1) is 0 Å². The van der Waals surface area contributed by atoms with Crippen LogP contribution in [-0.2, 0) is 20.9 Å². The van der Waals surface area contributed by atoms with Crippen molar-refractivity contribution >= 4 is 17.6 Å². The number of amides is 1. The molecule has 1 aromatic heterocycles. The van der Waals surface area contributed by atoms with Crippen molar-refractivity contribution in [1.82, 2.24) is 25.2 Å². The van der Waals surface area contributed by atoms with Crippen LogP contribution in [0.4, 0.5) is 0 Å². The first-order valence-electron chi connectivity index (χ1n) is 7.02. The first-order chi connectivity index (χ1) is 11.2. The Hall–Kier alpha value is -3.10. The summed E-state index contributed by atoms with van der Waals surface area (Å²) in [5.41, 5.74) is 1.83. The molecule has 2 heterocycles. The second-order valence-corrected chi connectivity index (χ2v) is 4.85. The summed E-state index contributed by atoms with van der Waals surface area (Å²) in [6.45, 7) is -0.0149. The number of carbonyl (C=O) groups is 2. The minimum absolute atomic E-state index is 0.140. The van der Waals surface area contributed by atoms with E-state index in [-0.39, 0.29) is 19.1 Å². The highest BCUT2D eigenvalue weighted by atomic mass is 16.5. The van der Waals surface area contributed by atoms with Gasteiger partial charge in [0.05, 0.1) is 12.3 Å². The van der Waals surface area contributed by atoms with E-state index in [1.54, 1.807) is 0 Å². The van der Waals surface area contributed by atoms with Crippen molar-refractivity contribution in [3.8, 4) is 0 Å². The normalized spacial score (nSPS) is 13.7. The molecule has 118 valence electrons. The highest BCUT2D eigenvalue weighted by Gasteiger charge is 2.22. The van der Waals surface area contributed by atoms with E-state index >= 15 is 0 Å². The van der Waals surface area contributed by atoms with Gasteiger partial charge in [-0.1, -0.05) is 30.3 Å². The maximum Gasteiger partial charge on any atom is 0.328 e. The fourth-order valence-electron chi connectivity index (χ4n) is 2.12. The van der Waals surface area contributed by atoms with Gasteiger partial charge in [0.1, 0.15) is 12.9 Å². The van der Waals surface area contributed by atoms with Gasteiger partial charge in [0.25, 0.3) is 5.91 Å². The Bertz CT molecular complexity index is 713. The Morgan fingerprint density at radius 3 is 2.78 bits per heavy atom. The van der Waals surface area contributed by atoms with E-state index in [4.69, 9.17) is 4.74 Å². The van der Waals surface area contributed by atoms with Crippen molar-refractivity contribution < 1.29 is 14.3 Å². The SMILES string of the molecule is O=C(Cn1cnnn1)OCC(=O)N1CCC(c2ccccc2)=N1. The minimum Gasteiger partial charge on any atom is -0.454 e. The Morgan fingerprint density at radius 1 is 1.22 bits per heavy atom. The molecule has 0 spiro atoms. The Labute approximate surface area is 131 Å². The molecule has 23 heavy (non-hydrogen) atoms. The Morgan fingerprint density at radius 2 is 2.04 bits per heavy atom. The molecule has 1 aliphatic heterocycles. The van der Waals surface area contributed by atoms with Gasteiger partial charge in [-0.2, -0.15) is 5.10 Å². The predicted octanol–water partition coefficient (Wildman–Crippen LogP) is -0.147. The largest absolute Gasteiger partial charge is 0.454 e. The van der Waals surface area contributed by atoms with E-state index < -0.39 is 5.97 Å². The molecule has 3 rings (SSSR count). The monoisotopic (exact) mass is 314 g/mol. The van der Waals surface area contributed by atoms with Crippen LogP contribution >= 0.6 is 0 Å². The topological polar surface area (TPSA) is 103 Å². The quantitative estimate of drug-likeness (QED) is 0.711. The number of carbonyl (C=O) groups excluding carboxylic acids is 2. The number of esters is 1. The van der Waals surface area contributed by atoms with Gasteiger partial charge in [0, 0.05) is 6.42 Å². The molecule has 2 aromatic rings. The average Bonchev–Trinajstić information content (AvgIpc) is 3.25. The zero-order chi connectivity index (χ0) is 16.1. The second-order valence-electron chi connectivity index (χ2n) is 4.85. The summed E-state index contributed by atoms with van der Waals surface area (Å²) in [4.78, 5) is 23.6.